The summed E-state index contributed by atoms with van der Waals surface area (Å²) in [6, 6.07) is 9.35. The van der Waals surface area contributed by atoms with Crippen LogP contribution < -0.4 is 4.90 Å². The highest BCUT2D eigenvalue weighted by Crippen LogP contribution is 2.35. The minimum absolute atomic E-state index is 0.0847. The van der Waals surface area contributed by atoms with Gasteiger partial charge in [0.2, 0.25) is 5.88 Å². The van der Waals surface area contributed by atoms with Crippen LogP contribution in [-0.4, -0.2) is 35.0 Å². The molecule has 1 aromatic carbocycles. The molecule has 0 saturated carbocycles. The summed E-state index contributed by atoms with van der Waals surface area (Å²) < 4.78 is 6.50. The van der Waals surface area contributed by atoms with E-state index in [4.69, 9.17) is 4.74 Å². The Morgan fingerprint density at radius 1 is 1.32 bits per heavy atom. The van der Waals surface area contributed by atoms with Gasteiger partial charge in [-0.05, 0) is 11.6 Å². The third-order valence-corrected chi connectivity index (χ3v) is 3.86. The van der Waals surface area contributed by atoms with Gasteiger partial charge in [-0.15, -0.1) is 5.10 Å². The fraction of sp³-hybridized carbons (Fsp3) is 0.250. The first kappa shape index (κ1) is 14.2. The molecule has 114 valence electrons. The second kappa shape index (κ2) is 5.55. The highest BCUT2D eigenvalue weighted by Gasteiger charge is 2.35. The molecule has 0 saturated heterocycles. The predicted octanol–water partition coefficient (Wildman–Crippen LogP) is 2.04. The molecule has 2 unspecified atom stereocenters. The second-order valence-corrected chi connectivity index (χ2v) is 5.15. The topological polar surface area (TPSA) is 67.6 Å². The molecule has 3 rings (SSSR count). The van der Waals surface area contributed by atoms with Gasteiger partial charge in [0.1, 0.15) is 12.1 Å². The van der Waals surface area contributed by atoms with Gasteiger partial charge in [-0.3, -0.25) is 4.79 Å². The van der Waals surface area contributed by atoms with Crippen molar-refractivity contribution in [1.29, 1.82) is 0 Å². The van der Waals surface area contributed by atoms with Gasteiger partial charge in [0.05, 0.1) is 7.11 Å². The number of anilines is 1. The first-order chi connectivity index (χ1) is 10.6. The van der Waals surface area contributed by atoms with Gasteiger partial charge >= 0.3 is 5.97 Å². The Hall–Kier alpha value is -2.76. The number of fused-ring (bicyclic) bond motifs is 1. The average Bonchev–Trinajstić information content (AvgIpc) is 2.89. The highest BCUT2D eigenvalue weighted by atomic mass is 16.5. The number of rotatable bonds is 2. The molecule has 0 bridgehead atoms. The van der Waals surface area contributed by atoms with E-state index in [2.05, 4.69) is 5.10 Å². The minimum Gasteiger partial charge on any atom is -0.492 e. The summed E-state index contributed by atoms with van der Waals surface area (Å²) in [4.78, 5) is 14.2. The Morgan fingerprint density at radius 3 is 2.77 bits per heavy atom. The van der Waals surface area contributed by atoms with Crippen LogP contribution in [-0.2, 0) is 9.53 Å². The molecule has 0 amide bonds. The maximum absolute atomic E-state index is 12.2. The number of hydrogen-bond acceptors (Lipinski definition) is 5. The molecule has 0 fully saturated rings. The van der Waals surface area contributed by atoms with E-state index in [0.29, 0.717) is 0 Å². The summed E-state index contributed by atoms with van der Waals surface area (Å²) in [6.07, 6.45) is 4.95. The Balaban J connectivity index is 2.13. The number of carbonyl (C=O) groups is 1. The third kappa shape index (κ3) is 2.32. The van der Waals surface area contributed by atoms with Crippen LogP contribution in [0.5, 0.6) is 5.88 Å². The fourth-order valence-corrected chi connectivity index (χ4v) is 2.79. The van der Waals surface area contributed by atoms with Gasteiger partial charge < -0.3 is 14.7 Å². The van der Waals surface area contributed by atoms with Crippen molar-refractivity contribution < 1.29 is 14.6 Å². The summed E-state index contributed by atoms with van der Waals surface area (Å²) in [5, 5.41) is 13.6. The quantitative estimate of drug-likeness (QED) is 0.860. The minimum atomic E-state index is -0.540. The van der Waals surface area contributed by atoms with E-state index in [-0.39, 0.29) is 11.8 Å². The molecular formula is C16H17N3O3. The number of aromatic nitrogens is 2. The van der Waals surface area contributed by atoms with Crippen LogP contribution >= 0.6 is 0 Å². The van der Waals surface area contributed by atoms with Crippen molar-refractivity contribution in [3.8, 4) is 5.88 Å². The zero-order chi connectivity index (χ0) is 15.7. The van der Waals surface area contributed by atoms with Crippen molar-refractivity contribution >= 4 is 17.7 Å². The molecule has 0 radical (unpaired) electrons. The Labute approximate surface area is 128 Å². The Kier molecular flexibility index (Phi) is 3.58. The summed E-state index contributed by atoms with van der Waals surface area (Å²) in [5.41, 5.74) is 1.99. The van der Waals surface area contributed by atoms with Gasteiger partial charge in [0.15, 0.2) is 0 Å². The summed E-state index contributed by atoms with van der Waals surface area (Å²) >= 11 is 0. The molecule has 22 heavy (non-hydrogen) atoms. The monoisotopic (exact) mass is 299 g/mol. The number of benzene rings is 1. The van der Waals surface area contributed by atoms with Crippen LogP contribution in [0.3, 0.4) is 0 Å². The third-order valence-electron chi connectivity index (χ3n) is 3.86. The lowest BCUT2D eigenvalue weighted by Crippen LogP contribution is -2.38. The van der Waals surface area contributed by atoms with E-state index >= 15 is 0 Å². The maximum atomic E-state index is 12.2. The van der Waals surface area contributed by atoms with E-state index in [1.165, 1.54) is 13.2 Å². The van der Waals surface area contributed by atoms with Crippen LogP contribution in [0.4, 0.5) is 5.69 Å². The highest BCUT2D eigenvalue weighted by molar-refractivity contribution is 5.80. The SMILES string of the molecule is COC(=O)C1C=Cc2ccccc2N(C)C1n1ccc(O)n1. The first-order valence-electron chi connectivity index (χ1n) is 6.94. The van der Waals surface area contributed by atoms with Crippen molar-refractivity contribution in [2.45, 2.75) is 6.17 Å². The smallest absolute Gasteiger partial charge is 0.316 e. The van der Waals surface area contributed by atoms with Crippen molar-refractivity contribution in [1.82, 2.24) is 9.78 Å². The van der Waals surface area contributed by atoms with Gasteiger partial charge in [-0.2, -0.15) is 0 Å². The van der Waals surface area contributed by atoms with Crippen molar-refractivity contribution in [3.05, 3.63) is 48.2 Å². The van der Waals surface area contributed by atoms with Gasteiger partial charge in [0.25, 0.3) is 0 Å². The van der Waals surface area contributed by atoms with Crippen LogP contribution in [0.25, 0.3) is 6.08 Å². The van der Waals surface area contributed by atoms with Crippen molar-refractivity contribution in [2.75, 3.05) is 19.1 Å². The molecule has 2 atom stereocenters. The Bertz CT molecular complexity index is 723. The maximum Gasteiger partial charge on any atom is 0.316 e. The standard InChI is InChI=1S/C16H17N3O3/c1-18-13-6-4-3-5-11(13)7-8-12(16(21)22-2)15(18)19-10-9-14(20)17-19/h3-10,12,15H,1-2H3,(H,17,20). The van der Waals surface area contributed by atoms with Crippen LogP contribution in [0, 0.1) is 5.92 Å². The number of esters is 1. The largest absolute Gasteiger partial charge is 0.492 e. The molecule has 1 aliphatic rings. The van der Waals surface area contributed by atoms with E-state index in [1.54, 1.807) is 10.9 Å². The molecular weight excluding hydrogens is 282 g/mol. The van der Waals surface area contributed by atoms with Crippen molar-refractivity contribution in [2.24, 2.45) is 5.92 Å². The van der Waals surface area contributed by atoms with Crippen LogP contribution in [0.2, 0.25) is 0 Å². The number of methoxy groups -OCH3 is 1. The first-order valence-corrected chi connectivity index (χ1v) is 6.94. The summed E-state index contributed by atoms with van der Waals surface area (Å²) in [6.45, 7) is 0. The van der Waals surface area contributed by atoms with Gasteiger partial charge in [0, 0.05) is 25.0 Å². The molecule has 1 N–H and O–H groups in total. The Morgan fingerprint density at radius 2 is 2.09 bits per heavy atom. The fourth-order valence-electron chi connectivity index (χ4n) is 2.79. The molecule has 2 aromatic rings. The number of ether oxygens (including phenoxy) is 1. The zero-order valence-corrected chi connectivity index (χ0v) is 12.4. The molecule has 0 aliphatic carbocycles. The van der Waals surface area contributed by atoms with Gasteiger partial charge in [-0.1, -0.05) is 30.4 Å². The van der Waals surface area contributed by atoms with Gasteiger partial charge in [-0.25, -0.2) is 4.68 Å². The number of aromatic hydroxyl groups is 1. The molecule has 6 nitrogen and oxygen atoms in total. The number of carbonyl (C=O) groups excluding carboxylic acids is 1. The summed E-state index contributed by atoms with van der Waals surface area (Å²) in [5.74, 6) is -0.976. The lowest BCUT2D eigenvalue weighted by atomic mass is 10.1. The lowest BCUT2D eigenvalue weighted by Gasteiger charge is -2.32. The van der Waals surface area contributed by atoms with Crippen molar-refractivity contribution in [3.63, 3.8) is 0 Å². The molecule has 1 aromatic heterocycles. The predicted molar refractivity (Wildman–Crippen MR) is 82.3 cm³/mol. The van der Waals surface area contributed by atoms with Crippen LogP contribution in [0.1, 0.15) is 11.7 Å². The normalized spacial score (nSPS) is 20.4. The molecule has 2 heterocycles. The zero-order valence-electron chi connectivity index (χ0n) is 12.4. The molecule has 6 heteroatoms. The number of nitrogens with zero attached hydrogens (tertiary/aromatic N) is 3. The van der Waals surface area contributed by atoms with E-state index in [9.17, 15) is 9.90 Å². The average molecular weight is 299 g/mol. The molecule has 0 spiro atoms. The summed E-state index contributed by atoms with van der Waals surface area (Å²) in [7, 11) is 3.26. The lowest BCUT2D eigenvalue weighted by molar-refractivity contribution is -0.145. The number of hydrogen-bond donors (Lipinski definition) is 1. The van der Waals surface area contributed by atoms with E-state index in [0.717, 1.165) is 11.3 Å². The van der Waals surface area contributed by atoms with E-state index < -0.39 is 12.1 Å². The number of para-hydroxylation sites is 1. The van der Waals surface area contributed by atoms with Crippen LogP contribution in [0.15, 0.2) is 42.6 Å². The molecule has 1 aliphatic heterocycles. The van der Waals surface area contributed by atoms with E-state index in [1.807, 2.05) is 48.4 Å². The second-order valence-electron chi connectivity index (χ2n) is 5.15.